The summed E-state index contributed by atoms with van der Waals surface area (Å²) in [4.78, 5) is 3.99. The maximum atomic E-state index is 5.87. The minimum absolute atomic E-state index is 0.186. The summed E-state index contributed by atoms with van der Waals surface area (Å²) in [6.07, 6.45) is 3.99. The molecule has 2 rings (SSSR count). The van der Waals surface area contributed by atoms with Crippen LogP contribution in [0.1, 0.15) is 25.5 Å². The van der Waals surface area contributed by atoms with Gasteiger partial charge in [-0.15, -0.1) is 0 Å². The third kappa shape index (κ3) is 1.94. The molecule has 1 N–H and O–H groups in total. The quantitative estimate of drug-likeness (QED) is 0.774. The van der Waals surface area contributed by atoms with Crippen LogP contribution < -0.4 is 5.32 Å². The highest BCUT2D eigenvalue weighted by Crippen LogP contribution is 2.24. The number of nitrogens with one attached hydrogen (secondary N) is 1. The zero-order chi connectivity index (χ0) is 9.97. The fraction of sp³-hybridized carbons (Fsp3) is 0.545. The van der Waals surface area contributed by atoms with Crippen molar-refractivity contribution in [3.05, 3.63) is 30.1 Å². The topological polar surface area (TPSA) is 34.2 Å². The van der Waals surface area contributed by atoms with Crippen LogP contribution >= 0.6 is 0 Å². The van der Waals surface area contributed by atoms with Crippen LogP contribution in [0.25, 0.3) is 0 Å². The molecular formula is C11H16N2O. The average molecular weight is 192 g/mol. The molecule has 1 saturated heterocycles. The van der Waals surface area contributed by atoms with Crippen molar-refractivity contribution in [1.29, 1.82) is 0 Å². The molecule has 2 atom stereocenters. The van der Waals surface area contributed by atoms with Crippen molar-refractivity contribution in [2.24, 2.45) is 5.92 Å². The van der Waals surface area contributed by atoms with Gasteiger partial charge in [-0.1, -0.05) is 13.8 Å². The molecule has 1 aromatic rings. The smallest absolute Gasteiger partial charge is 0.111 e. The van der Waals surface area contributed by atoms with Crippen LogP contribution in [-0.2, 0) is 4.74 Å². The van der Waals surface area contributed by atoms with Crippen LogP contribution in [0.15, 0.2) is 24.5 Å². The van der Waals surface area contributed by atoms with Crippen LogP contribution in [0.2, 0.25) is 0 Å². The predicted molar refractivity (Wildman–Crippen MR) is 54.7 cm³/mol. The van der Waals surface area contributed by atoms with Crippen molar-refractivity contribution >= 4 is 0 Å². The fourth-order valence-corrected chi connectivity index (χ4v) is 1.66. The standard InChI is InChI=1S/C11H16N2O/c1-8(2)11-13-7-10(14-11)9-3-5-12-6-4-9/h3-6,8,10-11,13H,7H2,1-2H3. The number of pyridine rings is 1. The molecule has 2 heterocycles. The van der Waals surface area contributed by atoms with E-state index in [1.807, 2.05) is 12.1 Å². The first-order chi connectivity index (χ1) is 6.77. The van der Waals surface area contributed by atoms with Gasteiger partial charge in [0.2, 0.25) is 0 Å². The summed E-state index contributed by atoms with van der Waals surface area (Å²) in [7, 11) is 0. The third-order valence-corrected chi connectivity index (χ3v) is 2.50. The number of aromatic nitrogens is 1. The minimum atomic E-state index is 0.186. The molecule has 0 bridgehead atoms. The van der Waals surface area contributed by atoms with E-state index in [0.29, 0.717) is 5.92 Å². The molecule has 1 aromatic heterocycles. The number of nitrogens with zero attached hydrogens (tertiary/aromatic N) is 1. The molecule has 2 unspecified atom stereocenters. The molecule has 0 saturated carbocycles. The Labute approximate surface area is 84.5 Å². The van der Waals surface area contributed by atoms with Crippen molar-refractivity contribution in [2.45, 2.75) is 26.2 Å². The Morgan fingerprint density at radius 3 is 2.71 bits per heavy atom. The molecule has 0 amide bonds. The monoisotopic (exact) mass is 192 g/mol. The minimum Gasteiger partial charge on any atom is -0.354 e. The summed E-state index contributed by atoms with van der Waals surface area (Å²) < 4.78 is 5.87. The first kappa shape index (κ1) is 9.62. The lowest BCUT2D eigenvalue weighted by atomic mass is 10.1. The van der Waals surface area contributed by atoms with Crippen molar-refractivity contribution in [1.82, 2.24) is 10.3 Å². The first-order valence-corrected chi connectivity index (χ1v) is 5.06. The second-order valence-corrected chi connectivity index (χ2v) is 3.98. The third-order valence-electron chi connectivity index (χ3n) is 2.50. The molecule has 3 heteroatoms. The molecule has 76 valence electrons. The van der Waals surface area contributed by atoms with Gasteiger partial charge >= 0.3 is 0 Å². The molecule has 0 radical (unpaired) electrons. The molecule has 3 nitrogen and oxygen atoms in total. The molecule has 0 spiro atoms. The van der Waals surface area contributed by atoms with Gasteiger partial charge in [0.25, 0.3) is 0 Å². The SMILES string of the molecule is CC(C)C1NCC(c2ccncc2)O1. The normalized spacial score (nSPS) is 27.1. The van der Waals surface area contributed by atoms with Gasteiger partial charge < -0.3 is 4.74 Å². The van der Waals surface area contributed by atoms with Crippen LogP contribution in [0.4, 0.5) is 0 Å². The van der Waals surface area contributed by atoms with Gasteiger partial charge in [-0.2, -0.15) is 0 Å². The number of ether oxygens (including phenoxy) is 1. The Hall–Kier alpha value is -0.930. The molecule has 14 heavy (non-hydrogen) atoms. The Kier molecular flexibility index (Phi) is 2.79. The summed E-state index contributed by atoms with van der Waals surface area (Å²) in [6.45, 7) is 5.21. The average Bonchev–Trinajstić information content (AvgIpc) is 2.68. The summed E-state index contributed by atoms with van der Waals surface area (Å²) in [5, 5.41) is 3.36. The van der Waals surface area contributed by atoms with Crippen LogP contribution in [0, 0.1) is 5.92 Å². The van der Waals surface area contributed by atoms with Crippen LogP contribution in [-0.4, -0.2) is 17.8 Å². The summed E-state index contributed by atoms with van der Waals surface area (Å²) >= 11 is 0. The van der Waals surface area contributed by atoms with Gasteiger partial charge in [0.05, 0.1) is 6.10 Å². The highest BCUT2D eigenvalue weighted by Gasteiger charge is 2.27. The summed E-state index contributed by atoms with van der Waals surface area (Å²) in [5.74, 6) is 0.516. The van der Waals surface area contributed by atoms with Crippen molar-refractivity contribution in [2.75, 3.05) is 6.54 Å². The van der Waals surface area contributed by atoms with E-state index in [-0.39, 0.29) is 12.3 Å². The second-order valence-electron chi connectivity index (χ2n) is 3.98. The Balaban J connectivity index is 2.03. The van der Waals surface area contributed by atoms with Gasteiger partial charge in [0.15, 0.2) is 0 Å². The molecular weight excluding hydrogens is 176 g/mol. The molecule has 1 aliphatic heterocycles. The van der Waals surface area contributed by atoms with Crippen molar-refractivity contribution in [3.63, 3.8) is 0 Å². The maximum Gasteiger partial charge on any atom is 0.111 e. The van der Waals surface area contributed by atoms with E-state index in [1.165, 1.54) is 5.56 Å². The van der Waals surface area contributed by atoms with E-state index in [1.54, 1.807) is 12.4 Å². The molecule has 1 fully saturated rings. The van der Waals surface area contributed by atoms with Gasteiger partial charge in [-0.3, -0.25) is 10.3 Å². The van der Waals surface area contributed by atoms with E-state index < -0.39 is 0 Å². The van der Waals surface area contributed by atoms with Crippen molar-refractivity contribution in [3.8, 4) is 0 Å². The molecule has 0 aliphatic carbocycles. The highest BCUT2D eigenvalue weighted by molar-refractivity contribution is 5.14. The lowest BCUT2D eigenvalue weighted by Crippen LogP contribution is -2.27. The van der Waals surface area contributed by atoms with Gasteiger partial charge in [0.1, 0.15) is 6.23 Å². The predicted octanol–water partition coefficient (Wildman–Crippen LogP) is 1.72. The second kappa shape index (κ2) is 4.07. The zero-order valence-electron chi connectivity index (χ0n) is 8.60. The fourth-order valence-electron chi connectivity index (χ4n) is 1.66. The van der Waals surface area contributed by atoms with E-state index in [0.717, 1.165) is 6.54 Å². The largest absolute Gasteiger partial charge is 0.354 e. The summed E-state index contributed by atoms with van der Waals surface area (Å²) in [6, 6.07) is 4.02. The molecule has 1 aliphatic rings. The van der Waals surface area contributed by atoms with E-state index in [9.17, 15) is 0 Å². The van der Waals surface area contributed by atoms with E-state index in [2.05, 4.69) is 24.1 Å². The van der Waals surface area contributed by atoms with Gasteiger partial charge in [-0.05, 0) is 23.6 Å². The number of hydrogen-bond donors (Lipinski definition) is 1. The Morgan fingerprint density at radius 1 is 1.43 bits per heavy atom. The highest BCUT2D eigenvalue weighted by atomic mass is 16.5. The zero-order valence-corrected chi connectivity index (χ0v) is 8.60. The van der Waals surface area contributed by atoms with Gasteiger partial charge in [-0.25, -0.2) is 0 Å². The Morgan fingerprint density at radius 2 is 2.14 bits per heavy atom. The van der Waals surface area contributed by atoms with Crippen LogP contribution in [0.3, 0.4) is 0 Å². The first-order valence-electron chi connectivity index (χ1n) is 5.06. The lowest BCUT2D eigenvalue weighted by molar-refractivity contribution is 0.0136. The molecule has 0 aromatic carbocycles. The van der Waals surface area contributed by atoms with E-state index in [4.69, 9.17) is 4.74 Å². The Bertz CT molecular complexity index is 287. The summed E-state index contributed by atoms with van der Waals surface area (Å²) in [5.41, 5.74) is 1.20. The number of hydrogen-bond acceptors (Lipinski definition) is 3. The van der Waals surface area contributed by atoms with Crippen molar-refractivity contribution < 1.29 is 4.74 Å². The van der Waals surface area contributed by atoms with Gasteiger partial charge in [0, 0.05) is 18.9 Å². The number of rotatable bonds is 2. The lowest BCUT2D eigenvalue weighted by Gasteiger charge is -2.15. The van der Waals surface area contributed by atoms with Crippen LogP contribution in [0.5, 0.6) is 0 Å². The maximum absolute atomic E-state index is 5.87. The van der Waals surface area contributed by atoms with E-state index >= 15 is 0 Å².